The molecule has 106 valence electrons. The molecule has 19 heavy (non-hydrogen) atoms. The Balaban J connectivity index is 2.70. The van der Waals surface area contributed by atoms with Crippen molar-refractivity contribution in [1.82, 2.24) is 10.6 Å². The van der Waals surface area contributed by atoms with E-state index >= 15 is 0 Å². The minimum atomic E-state index is -0.0562. The molecule has 0 fully saturated rings. The largest absolute Gasteiger partial charge is 0.491 e. The maximum Gasteiger partial charge on any atom is 0.221 e. The number of rotatable bonds is 7. The Kier molecular flexibility index (Phi) is 6.36. The third kappa shape index (κ3) is 5.30. The molecule has 1 aromatic rings. The van der Waals surface area contributed by atoms with Gasteiger partial charge in [0, 0.05) is 18.5 Å². The highest BCUT2D eigenvalue weighted by Gasteiger charge is 2.14. The summed E-state index contributed by atoms with van der Waals surface area (Å²) in [6.45, 7) is 6.64. The summed E-state index contributed by atoms with van der Waals surface area (Å²) in [5.41, 5.74) is 1.01. The average Bonchev–Trinajstić information content (AvgIpc) is 2.36. The molecule has 1 amide bonds. The number of hydrogen-bond acceptors (Lipinski definition) is 3. The number of nitrogens with one attached hydrogen (secondary N) is 2. The number of carbonyl (C=O) groups is 1. The highest BCUT2D eigenvalue weighted by Crippen LogP contribution is 2.25. The summed E-state index contributed by atoms with van der Waals surface area (Å²) in [7, 11) is 1.84. The zero-order valence-electron chi connectivity index (χ0n) is 12.2. The molecule has 0 saturated carbocycles. The van der Waals surface area contributed by atoms with Crippen LogP contribution >= 0.6 is 0 Å². The molecule has 0 radical (unpaired) electrons. The topological polar surface area (TPSA) is 50.4 Å². The molecule has 1 unspecified atom stereocenters. The molecule has 0 spiro atoms. The van der Waals surface area contributed by atoms with Gasteiger partial charge in [0.05, 0.1) is 12.1 Å². The lowest BCUT2D eigenvalue weighted by Crippen LogP contribution is -2.29. The van der Waals surface area contributed by atoms with Gasteiger partial charge in [0.2, 0.25) is 5.91 Å². The maximum atomic E-state index is 11.7. The zero-order valence-corrected chi connectivity index (χ0v) is 12.2. The fraction of sp³-hybridized carbons (Fsp3) is 0.533. The number of hydrogen-bond donors (Lipinski definition) is 2. The number of benzene rings is 1. The zero-order chi connectivity index (χ0) is 14.3. The predicted octanol–water partition coefficient (Wildman–Crippen LogP) is 2.26. The van der Waals surface area contributed by atoms with Crippen molar-refractivity contribution in [3.05, 3.63) is 29.8 Å². The number of para-hydroxylation sites is 1. The minimum Gasteiger partial charge on any atom is -0.491 e. The van der Waals surface area contributed by atoms with Crippen LogP contribution in [0.5, 0.6) is 5.75 Å². The molecule has 0 aliphatic rings. The average molecular weight is 264 g/mol. The summed E-state index contributed by atoms with van der Waals surface area (Å²) in [4.78, 5) is 11.7. The van der Waals surface area contributed by atoms with Crippen LogP contribution in [0.25, 0.3) is 0 Å². The van der Waals surface area contributed by atoms with Crippen LogP contribution in [0.15, 0.2) is 24.3 Å². The molecule has 0 bridgehead atoms. The fourth-order valence-corrected chi connectivity index (χ4v) is 1.83. The van der Waals surface area contributed by atoms with Crippen LogP contribution in [-0.2, 0) is 4.79 Å². The quantitative estimate of drug-likeness (QED) is 0.794. The van der Waals surface area contributed by atoms with Gasteiger partial charge in [-0.3, -0.25) is 4.79 Å². The maximum absolute atomic E-state index is 11.7. The summed E-state index contributed by atoms with van der Waals surface area (Å²) in [5.74, 6) is 0.875. The summed E-state index contributed by atoms with van der Waals surface area (Å²) < 4.78 is 5.77. The standard InChI is InChI=1S/C15H24N2O2/c1-11(2)19-14-8-6-5-7-13(14)12(3)17-15(18)9-10-16-4/h5-8,11-12,16H,9-10H2,1-4H3,(H,17,18). The van der Waals surface area contributed by atoms with E-state index in [4.69, 9.17) is 4.74 Å². The Hall–Kier alpha value is -1.55. The normalized spacial score (nSPS) is 12.3. The second-order valence-electron chi connectivity index (χ2n) is 4.85. The molecule has 1 rings (SSSR count). The van der Waals surface area contributed by atoms with Crippen molar-refractivity contribution in [3.63, 3.8) is 0 Å². The first-order chi connectivity index (χ1) is 9.04. The third-order valence-electron chi connectivity index (χ3n) is 2.73. The molecule has 4 nitrogen and oxygen atoms in total. The van der Waals surface area contributed by atoms with E-state index in [0.29, 0.717) is 13.0 Å². The lowest BCUT2D eigenvalue weighted by Gasteiger charge is -2.19. The SMILES string of the molecule is CNCCC(=O)NC(C)c1ccccc1OC(C)C. The molecule has 0 heterocycles. The van der Waals surface area contributed by atoms with E-state index in [1.165, 1.54) is 0 Å². The lowest BCUT2D eigenvalue weighted by atomic mass is 10.1. The van der Waals surface area contributed by atoms with Crippen LogP contribution in [-0.4, -0.2) is 25.6 Å². The molecular formula is C15H24N2O2. The highest BCUT2D eigenvalue weighted by molar-refractivity contribution is 5.76. The Morgan fingerprint density at radius 3 is 2.58 bits per heavy atom. The Bertz CT molecular complexity index is 405. The second kappa shape index (κ2) is 7.79. The van der Waals surface area contributed by atoms with Crippen LogP contribution in [0.1, 0.15) is 38.8 Å². The van der Waals surface area contributed by atoms with Gasteiger partial charge in [-0.05, 0) is 33.9 Å². The van der Waals surface area contributed by atoms with E-state index in [1.807, 2.05) is 52.1 Å². The fourth-order valence-electron chi connectivity index (χ4n) is 1.83. The minimum absolute atomic E-state index is 0.0428. The smallest absolute Gasteiger partial charge is 0.221 e. The lowest BCUT2D eigenvalue weighted by molar-refractivity contribution is -0.121. The number of carbonyl (C=O) groups excluding carboxylic acids is 1. The van der Waals surface area contributed by atoms with Gasteiger partial charge >= 0.3 is 0 Å². The van der Waals surface area contributed by atoms with Gasteiger partial charge in [-0.1, -0.05) is 18.2 Å². The van der Waals surface area contributed by atoms with Crippen molar-refractivity contribution >= 4 is 5.91 Å². The second-order valence-corrected chi connectivity index (χ2v) is 4.85. The number of amides is 1. The van der Waals surface area contributed by atoms with E-state index in [9.17, 15) is 4.79 Å². The summed E-state index contributed by atoms with van der Waals surface area (Å²) in [6.07, 6.45) is 0.599. The molecule has 2 N–H and O–H groups in total. The van der Waals surface area contributed by atoms with Crippen molar-refractivity contribution in [2.24, 2.45) is 0 Å². The van der Waals surface area contributed by atoms with Gasteiger partial charge in [-0.2, -0.15) is 0 Å². The highest BCUT2D eigenvalue weighted by atomic mass is 16.5. The van der Waals surface area contributed by atoms with Crippen LogP contribution in [0.3, 0.4) is 0 Å². The van der Waals surface area contributed by atoms with Crippen molar-refractivity contribution in [1.29, 1.82) is 0 Å². The van der Waals surface area contributed by atoms with Crippen molar-refractivity contribution < 1.29 is 9.53 Å². The first-order valence-corrected chi connectivity index (χ1v) is 6.74. The third-order valence-corrected chi connectivity index (χ3v) is 2.73. The molecule has 1 atom stereocenters. The molecule has 0 saturated heterocycles. The summed E-state index contributed by atoms with van der Waals surface area (Å²) >= 11 is 0. The van der Waals surface area contributed by atoms with Crippen molar-refractivity contribution in [2.45, 2.75) is 39.3 Å². The van der Waals surface area contributed by atoms with Gasteiger partial charge in [-0.25, -0.2) is 0 Å². The van der Waals surface area contributed by atoms with Gasteiger partial charge in [0.1, 0.15) is 5.75 Å². The Morgan fingerprint density at radius 2 is 1.95 bits per heavy atom. The van der Waals surface area contributed by atoms with Crippen molar-refractivity contribution in [3.8, 4) is 5.75 Å². The Morgan fingerprint density at radius 1 is 1.26 bits per heavy atom. The molecule has 1 aromatic carbocycles. The van der Waals surface area contributed by atoms with Gasteiger partial charge in [0.25, 0.3) is 0 Å². The van der Waals surface area contributed by atoms with Crippen LogP contribution < -0.4 is 15.4 Å². The Labute approximate surface area is 115 Å². The van der Waals surface area contributed by atoms with E-state index in [-0.39, 0.29) is 18.1 Å². The summed E-state index contributed by atoms with van der Waals surface area (Å²) in [6, 6.07) is 7.77. The van der Waals surface area contributed by atoms with E-state index in [2.05, 4.69) is 10.6 Å². The monoisotopic (exact) mass is 264 g/mol. The van der Waals surface area contributed by atoms with Crippen molar-refractivity contribution in [2.75, 3.05) is 13.6 Å². The number of ether oxygens (including phenoxy) is 1. The molecule has 0 aliphatic carbocycles. The van der Waals surface area contributed by atoms with E-state index in [1.54, 1.807) is 0 Å². The first-order valence-electron chi connectivity index (χ1n) is 6.74. The summed E-state index contributed by atoms with van der Waals surface area (Å²) in [5, 5.41) is 5.95. The van der Waals surface area contributed by atoms with Crippen LogP contribution in [0.4, 0.5) is 0 Å². The van der Waals surface area contributed by atoms with Crippen LogP contribution in [0, 0.1) is 0 Å². The van der Waals surface area contributed by atoms with E-state index in [0.717, 1.165) is 11.3 Å². The molecule has 0 aliphatic heterocycles. The predicted molar refractivity (Wildman–Crippen MR) is 77.3 cm³/mol. The molecular weight excluding hydrogens is 240 g/mol. The van der Waals surface area contributed by atoms with Crippen LogP contribution in [0.2, 0.25) is 0 Å². The van der Waals surface area contributed by atoms with Gasteiger partial charge < -0.3 is 15.4 Å². The van der Waals surface area contributed by atoms with Gasteiger partial charge in [-0.15, -0.1) is 0 Å². The molecule has 0 aromatic heterocycles. The first kappa shape index (κ1) is 15.5. The van der Waals surface area contributed by atoms with E-state index < -0.39 is 0 Å². The molecule has 4 heteroatoms. The van der Waals surface area contributed by atoms with Gasteiger partial charge in [0.15, 0.2) is 0 Å².